The Balaban J connectivity index is 1.50. The number of fused-ring (bicyclic) bond motifs is 1. The van der Waals surface area contributed by atoms with Gasteiger partial charge in [0.25, 0.3) is 0 Å². The van der Waals surface area contributed by atoms with E-state index >= 15 is 0 Å². The molecular formula is C23H29N5O2. The number of hydrogen-bond donors (Lipinski definition) is 1. The van der Waals surface area contributed by atoms with Crippen LogP contribution in [-0.4, -0.2) is 51.6 Å². The average Bonchev–Trinajstić information content (AvgIpc) is 3.38. The first kappa shape index (κ1) is 20.2. The summed E-state index contributed by atoms with van der Waals surface area (Å²) >= 11 is 0. The summed E-state index contributed by atoms with van der Waals surface area (Å²) in [6.45, 7) is 5.73. The molecular weight excluding hydrogens is 378 g/mol. The molecule has 1 saturated heterocycles. The summed E-state index contributed by atoms with van der Waals surface area (Å²) in [5, 5.41) is 8.17. The van der Waals surface area contributed by atoms with Crippen LogP contribution in [0, 0.1) is 5.92 Å². The van der Waals surface area contributed by atoms with Gasteiger partial charge in [-0.1, -0.05) is 26.0 Å². The first-order chi connectivity index (χ1) is 14.5. The Morgan fingerprint density at radius 1 is 1.30 bits per heavy atom. The maximum atomic E-state index is 12.5. The van der Waals surface area contributed by atoms with E-state index in [0.29, 0.717) is 18.9 Å². The topological polar surface area (TPSA) is 71.8 Å². The van der Waals surface area contributed by atoms with E-state index in [1.165, 1.54) is 0 Å². The van der Waals surface area contributed by atoms with Crippen molar-refractivity contribution in [3.05, 3.63) is 42.6 Å². The van der Waals surface area contributed by atoms with Crippen molar-refractivity contribution in [2.75, 3.05) is 25.5 Å². The molecule has 0 bridgehead atoms. The number of nitrogens with one attached hydrogen (secondary N) is 1. The largest absolute Gasteiger partial charge is 0.497 e. The molecule has 3 heterocycles. The molecule has 7 nitrogen and oxygen atoms in total. The number of aromatic nitrogens is 3. The molecule has 1 fully saturated rings. The zero-order chi connectivity index (χ0) is 21.1. The predicted molar refractivity (Wildman–Crippen MR) is 118 cm³/mol. The molecule has 7 heteroatoms. The van der Waals surface area contributed by atoms with Crippen LogP contribution >= 0.6 is 0 Å². The highest BCUT2D eigenvalue weighted by molar-refractivity contribution is 5.77. The van der Waals surface area contributed by atoms with E-state index in [-0.39, 0.29) is 11.9 Å². The van der Waals surface area contributed by atoms with E-state index in [9.17, 15) is 4.79 Å². The van der Waals surface area contributed by atoms with Gasteiger partial charge in [0.15, 0.2) is 5.65 Å². The molecule has 0 spiro atoms. The van der Waals surface area contributed by atoms with Gasteiger partial charge in [0.05, 0.1) is 19.0 Å². The van der Waals surface area contributed by atoms with Crippen molar-refractivity contribution >= 4 is 17.4 Å². The van der Waals surface area contributed by atoms with Crippen LogP contribution in [0.4, 0.5) is 5.82 Å². The van der Waals surface area contributed by atoms with Gasteiger partial charge < -0.3 is 15.0 Å². The van der Waals surface area contributed by atoms with Crippen LogP contribution in [0.2, 0.25) is 0 Å². The van der Waals surface area contributed by atoms with Crippen molar-refractivity contribution in [1.82, 2.24) is 19.5 Å². The minimum Gasteiger partial charge on any atom is -0.497 e. The third-order valence-corrected chi connectivity index (χ3v) is 5.53. The fourth-order valence-corrected chi connectivity index (χ4v) is 4.01. The van der Waals surface area contributed by atoms with Gasteiger partial charge in [-0.05, 0) is 43.0 Å². The summed E-state index contributed by atoms with van der Waals surface area (Å²) in [5.41, 5.74) is 2.68. The molecule has 4 rings (SSSR count). The second kappa shape index (κ2) is 8.73. The number of amides is 1. The number of nitrogens with zero attached hydrogens (tertiary/aromatic N) is 4. The van der Waals surface area contributed by atoms with Crippen LogP contribution in [-0.2, 0) is 4.79 Å². The molecule has 2 aromatic heterocycles. The first-order valence-corrected chi connectivity index (χ1v) is 10.6. The lowest BCUT2D eigenvalue weighted by Gasteiger charge is -2.26. The standard InChI is InChI=1S/C23H29N5O2/c1-16(2)12-23(29)27-11-5-7-18(27)14-24-21-9-10-22-25-15-20(28(22)26-21)17-6-4-8-19(13-17)30-3/h4,6,8-10,13,15-16,18H,5,7,11-12,14H2,1-3H3,(H,24,26). The zero-order valence-corrected chi connectivity index (χ0v) is 17.8. The molecule has 0 saturated carbocycles. The number of carbonyl (C=O) groups excluding carboxylic acids is 1. The Labute approximate surface area is 177 Å². The molecule has 30 heavy (non-hydrogen) atoms. The highest BCUT2D eigenvalue weighted by atomic mass is 16.5. The fourth-order valence-electron chi connectivity index (χ4n) is 4.01. The van der Waals surface area contributed by atoms with Gasteiger partial charge in [0.1, 0.15) is 11.6 Å². The monoisotopic (exact) mass is 407 g/mol. The number of imidazole rings is 1. The third-order valence-electron chi connectivity index (χ3n) is 5.53. The summed E-state index contributed by atoms with van der Waals surface area (Å²) in [6.07, 6.45) is 4.52. The van der Waals surface area contributed by atoms with Gasteiger partial charge in [-0.15, -0.1) is 5.10 Å². The molecule has 0 radical (unpaired) electrons. The van der Waals surface area contributed by atoms with E-state index < -0.39 is 0 Å². The molecule has 1 aromatic carbocycles. The van der Waals surface area contributed by atoms with E-state index in [4.69, 9.17) is 9.84 Å². The lowest BCUT2D eigenvalue weighted by molar-refractivity contribution is -0.132. The number of benzene rings is 1. The maximum absolute atomic E-state index is 12.5. The lowest BCUT2D eigenvalue weighted by atomic mass is 10.1. The Hall–Kier alpha value is -3.09. The third kappa shape index (κ3) is 4.25. The van der Waals surface area contributed by atoms with Crippen molar-refractivity contribution in [2.24, 2.45) is 5.92 Å². The summed E-state index contributed by atoms with van der Waals surface area (Å²) in [5.74, 6) is 2.21. The second-order valence-electron chi connectivity index (χ2n) is 8.23. The molecule has 3 aromatic rings. The highest BCUT2D eigenvalue weighted by Gasteiger charge is 2.28. The number of hydrogen-bond acceptors (Lipinski definition) is 5. The van der Waals surface area contributed by atoms with Gasteiger partial charge in [0, 0.05) is 31.1 Å². The molecule has 1 amide bonds. The van der Waals surface area contributed by atoms with Crippen LogP contribution in [0.25, 0.3) is 16.9 Å². The van der Waals surface area contributed by atoms with Crippen molar-refractivity contribution < 1.29 is 9.53 Å². The van der Waals surface area contributed by atoms with Crippen LogP contribution in [0.15, 0.2) is 42.6 Å². The first-order valence-electron chi connectivity index (χ1n) is 10.6. The normalized spacial score (nSPS) is 16.4. The Bertz CT molecular complexity index is 1030. The quantitative estimate of drug-likeness (QED) is 0.644. The minimum atomic E-state index is 0.217. The van der Waals surface area contributed by atoms with E-state index in [0.717, 1.165) is 47.9 Å². The molecule has 1 unspecified atom stereocenters. The molecule has 158 valence electrons. The highest BCUT2D eigenvalue weighted by Crippen LogP contribution is 2.25. The Morgan fingerprint density at radius 3 is 2.97 bits per heavy atom. The fraction of sp³-hybridized carbons (Fsp3) is 0.435. The number of methoxy groups -OCH3 is 1. The predicted octanol–water partition coefficient (Wildman–Crippen LogP) is 3.85. The number of rotatable bonds is 7. The number of likely N-dealkylation sites (tertiary alicyclic amines) is 1. The number of anilines is 1. The zero-order valence-electron chi connectivity index (χ0n) is 17.8. The Morgan fingerprint density at radius 2 is 2.17 bits per heavy atom. The van der Waals surface area contributed by atoms with Gasteiger partial charge >= 0.3 is 0 Å². The number of carbonyl (C=O) groups is 1. The van der Waals surface area contributed by atoms with Crippen LogP contribution in [0.5, 0.6) is 5.75 Å². The lowest BCUT2D eigenvalue weighted by Crippen LogP contribution is -2.40. The van der Waals surface area contributed by atoms with Crippen LogP contribution in [0.3, 0.4) is 0 Å². The van der Waals surface area contributed by atoms with Gasteiger partial charge in [0.2, 0.25) is 5.91 Å². The summed E-state index contributed by atoms with van der Waals surface area (Å²) in [6, 6.07) is 12.0. The van der Waals surface area contributed by atoms with Gasteiger partial charge in [-0.2, -0.15) is 0 Å². The summed E-state index contributed by atoms with van der Waals surface area (Å²) < 4.78 is 7.18. The second-order valence-corrected chi connectivity index (χ2v) is 8.23. The van der Waals surface area contributed by atoms with Crippen molar-refractivity contribution in [1.29, 1.82) is 0 Å². The molecule has 1 aliphatic rings. The van der Waals surface area contributed by atoms with Crippen LogP contribution < -0.4 is 10.1 Å². The van der Waals surface area contributed by atoms with E-state index in [1.54, 1.807) is 7.11 Å². The van der Waals surface area contributed by atoms with E-state index in [1.807, 2.05) is 52.0 Å². The van der Waals surface area contributed by atoms with Crippen molar-refractivity contribution in [3.8, 4) is 17.0 Å². The molecule has 1 N–H and O–H groups in total. The van der Waals surface area contributed by atoms with Crippen molar-refractivity contribution in [2.45, 2.75) is 39.2 Å². The molecule has 1 aliphatic heterocycles. The smallest absolute Gasteiger partial charge is 0.223 e. The summed E-state index contributed by atoms with van der Waals surface area (Å²) in [7, 11) is 1.66. The number of ether oxygens (including phenoxy) is 1. The SMILES string of the molecule is COc1cccc(-c2cnc3ccc(NCC4CCCN4C(=O)CC(C)C)nn23)c1. The van der Waals surface area contributed by atoms with Crippen LogP contribution in [0.1, 0.15) is 33.1 Å². The average molecular weight is 408 g/mol. The van der Waals surface area contributed by atoms with Gasteiger partial charge in [-0.3, -0.25) is 4.79 Å². The minimum absolute atomic E-state index is 0.217. The van der Waals surface area contributed by atoms with Crippen molar-refractivity contribution in [3.63, 3.8) is 0 Å². The molecule has 1 atom stereocenters. The molecule has 0 aliphatic carbocycles. The van der Waals surface area contributed by atoms with E-state index in [2.05, 4.69) is 24.1 Å². The summed E-state index contributed by atoms with van der Waals surface area (Å²) in [4.78, 5) is 19.0. The van der Waals surface area contributed by atoms with Gasteiger partial charge in [-0.25, -0.2) is 9.50 Å². The maximum Gasteiger partial charge on any atom is 0.223 e. The Kier molecular flexibility index (Phi) is 5.88.